The van der Waals surface area contributed by atoms with Crippen molar-refractivity contribution < 1.29 is 9.21 Å². The standard InChI is InChI=1S/C11H11N5O2/c1-6-8(10(12)17)9(7-2-3-18-4-7)16-11(15-6)13-5-14-16/h2-5,9H,1H3,(H2,12,17)(H,13,14,15). The molecular formula is C11H11N5O2. The van der Waals surface area contributed by atoms with Crippen LogP contribution in [0.3, 0.4) is 0 Å². The number of rotatable bonds is 2. The van der Waals surface area contributed by atoms with E-state index in [0.717, 1.165) is 5.56 Å². The van der Waals surface area contributed by atoms with E-state index in [2.05, 4.69) is 15.4 Å². The number of hydrogen-bond acceptors (Lipinski definition) is 5. The predicted molar refractivity (Wildman–Crippen MR) is 62.4 cm³/mol. The third-order valence-electron chi connectivity index (χ3n) is 2.92. The molecule has 1 aliphatic rings. The molecule has 0 aromatic carbocycles. The molecule has 7 nitrogen and oxygen atoms in total. The average molecular weight is 245 g/mol. The van der Waals surface area contributed by atoms with Crippen molar-refractivity contribution in [3.8, 4) is 0 Å². The lowest BCUT2D eigenvalue weighted by Crippen LogP contribution is -2.31. The Morgan fingerprint density at radius 1 is 1.61 bits per heavy atom. The van der Waals surface area contributed by atoms with E-state index in [-0.39, 0.29) is 0 Å². The van der Waals surface area contributed by atoms with Crippen LogP contribution >= 0.6 is 0 Å². The van der Waals surface area contributed by atoms with Crippen LogP contribution in [0.25, 0.3) is 0 Å². The molecule has 92 valence electrons. The van der Waals surface area contributed by atoms with Crippen molar-refractivity contribution >= 4 is 11.9 Å². The predicted octanol–water partition coefficient (Wildman–Crippen LogP) is 0.645. The monoisotopic (exact) mass is 245 g/mol. The van der Waals surface area contributed by atoms with Crippen LogP contribution in [0.4, 0.5) is 5.95 Å². The van der Waals surface area contributed by atoms with E-state index in [1.54, 1.807) is 30.2 Å². The zero-order valence-corrected chi connectivity index (χ0v) is 9.62. The van der Waals surface area contributed by atoms with E-state index < -0.39 is 11.9 Å². The van der Waals surface area contributed by atoms with Gasteiger partial charge in [-0.1, -0.05) is 0 Å². The summed E-state index contributed by atoms with van der Waals surface area (Å²) >= 11 is 0. The summed E-state index contributed by atoms with van der Waals surface area (Å²) < 4.78 is 6.68. The van der Waals surface area contributed by atoms with Gasteiger partial charge in [0, 0.05) is 11.3 Å². The molecule has 3 heterocycles. The number of hydrogen-bond donors (Lipinski definition) is 2. The fourth-order valence-corrected chi connectivity index (χ4v) is 2.15. The summed E-state index contributed by atoms with van der Waals surface area (Å²) in [5.41, 5.74) is 7.38. The number of nitrogens with one attached hydrogen (secondary N) is 1. The minimum absolute atomic E-state index is 0.403. The molecule has 0 spiro atoms. The Balaban J connectivity index is 2.21. The Kier molecular flexibility index (Phi) is 2.19. The van der Waals surface area contributed by atoms with Gasteiger partial charge in [-0.05, 0) is 13.0 Å². The SMILES string of the molecule is CC1=C(C(N)=O)C(c2ccoc2)n2ncnc2N1. The molecule has 0 fully saturated rings. The first-order valence-corrected chi connectivity index (χ1v) is 5.37. The summed E-state index contributed by atoms with van der Waals surface area (Å²) in [6.07, 6.45) is 4.53. The highest BCUT2D eigenvalue weighted by Crippen LogP contribution is 2.34. The minimum atomic E-state index is -0.493. The first-order chi connectivity index (χ1) is 8.68. The highest BCUT2D eigenvalue weighted by molar-refractivity contribution is 5.95. The Hall–Kier alpha value is -2.57. The molecule has 0 saturated heterocycles. The van der Waals surface area contributed by atoms with E-state index in [0.29, 0.717) is 17.2 Å². The maximum atomic E-state index is 11.6. The zero-order chi connectivity index (χ0) is 12.7. The summed E-state index contributed by atoms with van der Waals surface area (Å²) in [7, 11) is 0. The average Bonchev–Trinajstić information content (AvgIpc) is 2.96. The van der Waals surface area contributed by atoms with E-state index in [9.17, 15) is 4.79 Å². The molecule has 0 aliphatic carbocycles. The van der Waals surface area contributed by atoms with Gasteiger partial charge in [-0.3, -0.25) is 4.79 Å². The molecular weight excluding hydrogens is 234 g/mol. The fraction of sp³-hybridized carbons (Fsp3) is 0.182. The minimum Gasteiger partial charge on any atom is -0.472 e. The van der Waals surface area contributed by atoms with E-state index >= 15 is 0 Å². The molecule has 7 heteroatoms. The molecule has 1 atom stereocenters. The number of nitrogens with two attached hydrogens (primary N) is 1. The first-order valence-electron chi connectivity index (χ1n) is 5.37. The quantitative estimate of drug-likeness (QED) is 0.809. The van der Waals surface area contributed by atoms with Crippen molar-refractivity contribution in [2.45, 2.75) is 13.0 Å². The van der Waals surface area contributed by atoms with E-state index in [1.165, 1.54) is 6.33 Å². The third kappa shape index (κ3) is 1.41. The Labute approximate surface area is 102 Å². The molecule has 3 rings (SSSR count). The van der Waals surface area contributed by atoms with Gasteiger partial charge >= 0.3 is 0 Å². The first kappa shape index (κ1) is 10.6. The summed E-state index contributed by atoms with van der Waals surface area (Å²) in [5, 5.41) is 7.12. The molecule has 1 unspecified atom stereocenters. The lowest BCUT2D eigenvalue weighted by atomic mass is 9.97. The molecule has 0 radical (unpaired) electrons. The second-order valence-electron chi connectivity index (χ2n) is 4.02. The summed E-state index contributed by atoms with van der Waals surface area (Å²) in [6, 6.07) is 1.37. The number of primary amides is 1. The van der Waals surface area contributed by atoms with Crippen LogP contribution in [-0.4, -0.2) is 20.7 Å². The molecule has 0 bridgehead atoms. The van der Waals surface area contributed by atoms with Crippen molar-refractivity contribution in [2.24, 2.45) is 5.73 Å². The van der Waals surface area contributed by atoms with Crippen molar-refractivity contribution in [1.29, 1.82) is 0 Å². The van der Waals surface area contributed by atoms with E-state index in [4.69, 9.17) is 10.2 Å². The van der Waals surface area contributed by atoms with Gasteiger partial charge in [0.05, 0.1) is 18.1 Å². The van der Waals surface area contributed by atoms with Crippen molar-refractivity contribution in [3.05, 3.63) is 41.8 Å². The maximum absolute atomic E-state index is 11.6. The number of carbonyl (C=O) groups is 1. The van der Waals surface area contributed by atoms with Crippen LogP contribution in [0.5, 0.6) is 0 Å². The highest BCUT2D eigenvalue weighted by Gasteiger charge is 2.32. The zero-order valence-electron chi connectivity index (χ0n) is 9.62. The Morgan fingerprint density at radius 3 is 3.11 bits per heavy atom. The van der Waals surface area contributed by atoms with Crippen LogP contribution < -0.4 is 11.1 Å². The Bertz CT molecular complexity index is 626. The van der Waals surface area contributed by atoms with Crippen LogP contribution in [-0.2, 0) is 4.79 Å². The number of carbonyl (C=O) groups excluding carboxylic acids is 1. The molecule has 18 heavy (non-hydrogen) atoms. The van der Waals surface area contributed by atoms with Gasteiger partial charge in [0.1, 0.15) is 12.4 Å². The van der Waals surface area contributed by atoms with Crippen LogP contribution in [0, 0.1) is 0 Å². The molecule has 2 aromatic rings. The second kappa shape index (κ2) is 3.73. The normalized spacial score (nSPS) is 18.4. The number of fused-ring (bicyclic) bond motifs is 1. The van der Waals surface area contributed by atoms with Gasteiger partial charge in [0.15, 0.2) is 0 Å². The van der Waals surface area contributed by atoms with Gasteiger partial charge in [0.25, 0.3) is 0 Å². The number of amides is 1. The van der Waals surface area contributed by atoms with Crippen LogP contribution in [0.1, 0.15) is 18.5 Å². The fourth-order valence-electron chi connectivity index (χ4n) is 2.15. The van der Waals surface area contributed by atoms with Gasteiger partial charge in [-0.15, -0.1) is 0 Å². The van der Waals surface area contributed by atoms with Crippen molar-refractivity contribution in [1.82, 2.24) is 14.8 Å². The third-order valence-corrected chi connectivity index (χ3v) is 2.92. The molecule has 1 amide bonds. The molecule has 3 N–H and O–H groups in total. The summed E-state index contributed by atoms with van der Waals surface area (Å²) in [6.45, 7) is 1.78. The number of aromatic nitrogens is 3. The van der Waals surface area contributed by atoms with Gasteiger partial charge < -0.3 is 15.5 Å². The molecule has 1 aliphatic heterocycles. The molecule has 0 saturated carbocycles. The highest BCUT2D eigenvalue weighted by atomic mass is 16.3. The number of allylic oxidation sites excluding steroid dienone is 1. The topological polar surface area (TPSA) is 99.0 Å². The Morgan fingerprint density at radius 2 is 2.44 bits per heavy atom. The van der Waals surface area contributed by atoms with E-state index in [1.807, 2.05) is 0 Å². The maximum Gasteiger partial charge on any atom is 0.248 e. The number of furan rings is 1. The second-order valence-corrected chi connectivity index (χ2v) is 4.02. The number of anilines is 1. The van der Waals surface area contributed by atoms with Gasteiger partial charge in [0.2, 0.25) is 11.9 Å². The summed E-state index contributed by atoms with van der Waals surface area (Å²) in [5.74, 6) is 0.0797. The smallest absolute Gasteiger partial charge is 0.248 e. The number of nitrogens with zero attached hydrogens (tertiary/aromatic N) is 3. The lowest BCUT2D eigenvalue weighted by molar-refractivity contribution is -0.115. The molecule has 2 aromatic heterocycles. The van der Waals surface area contributed by atoms with Gasteiger partial charge in [-0.25, -0.2) is 4.68 Å². The largest absolute Gasteiger partial charge is 0.472 e. The van der Waals surface area contributed by atoms with Crippen molar-refractivity contribution in [3.63, 3.8) is 0 Å². The van der Waals surface area contributed by atoms with Crippen molar-refractivity contribution in [2.75, 3.05) is 5.32 Å². The van der Waals surface area contributed by atoms with Gasteiger partial charge in [-0.2, -0.15) is 10.1 Å². The summed E-state index contributed by atoms with van der Waals surface area (Å²) in [4.78, 5) is 15.7. The lowest BCUT2D eigenvalue weighted by Gasteiger charge is -2.26. The van der Waals surface area contributed by atoms with Crippen LogP contribution in [0.15, 0.2) is 40.6 Å². The van der Waals surface area contributed by atoms with Crippen LogP contribution in [0.2, 0.25) is 0 Å².